The number of hydrogen-bond acceptors (Lipinski definition) is 7. The van der Waals surface area contributed by atoms with E-state index in [9.17, 15) is 21.6 Å². The zero-order valence-corrected chi connectivity index (χ0v) is 26.3. The summed E-state index contributed by atoms with van der Waals surface area (Å²) in [6, 6.07) is 12.5. The summed E-state index contributed by atoms with van der Waals surface area (Å²) in [6.07, 6.45) is 2.87. The van der Waals surface area contributed by atoms with Crippen molar-refractivity contribution in [2.75, 3.05) is 43.1 Å². The number of anilines is 2. The molecule has 0 radical (unpaired) electrons. The molecule has 4 aliphatic rings. The largest absolute Gasteiger partial charge is 0.492 e. The number of nitrogens with zero attached hydrogens (tertiary/aromatic N) is 2. The van der Waals surface area contributed by atoms with Gasteiger partial charge in [0.05, 0.1) is 47.2 Å². The fourth-order valence-corrected chi connectivity index (χ4v) is 7.42. The molecular weight excluding hydrogens is 605 g/mol. The fraction of sp³-hybridized carbons (Fsp3) is 0.515. The van der Waals surface area contributed by atoms with Crippen LogP contribution in [0.15, 0.2) is 47.4 Å². The molecular formula is C33H39F3N4O4S. The molecule has 3 aromatic rings. The second kappa shape index (κ2) is 12.8. The van der Waals surface area contributed by atoms with E-state index >= 15 is 0 Å². The highest BCUT2D eigenvalue weighted by molar-refractivity contribution is 7.90. The number of aromatic nitrogens is 1. The molecule has 3 aliphatic heterocycles. The van der Waals surface area contributed by atoms with Crippen molar-refractivity contribution in [1.29, 1.82) is 0 Å². The Morgan fingerprint density at radius 3 is 2.44 bits per heavy atom. The maximum Gasteiger partial charge on any atom is 0.406 e. The number of piperidine rings is 1. The number of halogens is 3. The minimum atomic E-state index is -4.42. The Kier molecular flexibility index (Phi) is 8.96. The third-order valence-corrected chi connectivity index (χ3v) is 10.0. The number of fused-ring (bicyclic) bond motifs is 3. The van der Waals surface area contributed by atoms with E-state index in [1.807, 2.05) is 6.07 Å². The molecule has 2 atom stereocenters. The number of ether oxygens (including phenoxy) is 2. The highest BCUT2D eigenvalue weighted by Crippen LogP contribution is 2.35. The second-order valence-electron chi connectivity index (χ2n) is 12.2. The van der Waals surface area contributed by atoms with Crippen molar-refractivity contribution in [1.82, 2.24) is 9.47 Å². The van der Waals surface area contributed by atoms with Crippen LogP contribution >= 0.6 is 0 Å². The van der Waals surface area contributed by atoms with E-state index in [0.29, 0.717) is 47.2 Å². The number of rotatable bonds is 9. The summed E-state index contributed by atoms with van der Waals surface area (Å²) in [7, 11) is -3.42. The molecule has 12 heteroatoms. The lowest BCUT2D eigenvalue weighted by Gasteiger charge is -2.50. The molecule has 3 saturated heterocycles. The zero-order chi connectivity index (χ0) is 31.8. The fourth-order valence-electron chi connectivity index (χ4n) is 6.78. The van der Waals surface area contributed by atoms with E-state index in [1.165, 1.54) is 23.1 Å². The van der Waals surface area contributed by atoms with Crippen molar-refractivity contribution in [2.45, 2.75) is 80.9 Å². The minimum Gasteiger partial charge on any atom is -0.492 e. The molecule has 0 amide bonds. The molecule has 0 spiro atoms. The predicted molar refractivity (Wildman–Crippen MR) is 169 cm³/mol. The van der Waals surface area contributed by atoms with Crippen molar-refractivity contribution in [3.63, 3.8) is 0 Å². The number of benzene rings is 2. The van der Waals surface area contributed by atoms with E-state index in [0.717, 1.165) is 50.7 Å². The van der Waals surface area contributed by atoms with Gasteiger partial charge in [0.1, 0.15) is 12.3 Å². The van der Waals surface area contributed by atoms with Crippen LogP contribution in [0.1, 0.15) is 44.7 Å². The molecule has 7 rings (SSSR count). The Labute approximate surface area is 262 Å². The monoisotopic (exact) mass is 644 g/mol. The Hall–Kier alpha value is -3.40. The topological polar surface area (TPSA) is 84.8 Å². The summed E-state index contributed by atoms with van der Waals surface area (Å²) in [5.74, 6) is 6.23. The van der Waals surface area contributed by atoms with Crippen LogP contribution in [0.3, 0.4) is 0 Å². The Bertz CT molecular complexity index is 1690. The summed E-state index contributed by atoms with van der Waals surface area (Å²) >= 11 is 0. The number of morpholine rings is 1. The van der Waals surface area contributed by atoms with Crippen LogP contribution in [0.25, 0.3) is 10.9 Å². The summed E-state index contributed by atoms with van der Waals surface area (Å²) in [5.41, 5.74) is 2.11. The minimum absolute atomic E-state index is 0.116. The van der Waals surface area contributed by atoms with Crippen LogP contribution in [0.5, 0.6) is 5.75 Å². The Morgan fingerprint density at radius 1 is 1.04 bits per heavy atom. The first-order chi connectivity index (χ1) is 21.5. The molecule has 1 aromatic heterocycles. The normalized spacial score (nSPS) is 23.6. The summed E-state index contributed by atoms with van der Waals surface area (Å²) < 4.78 is 77.6. The van der Waals surface area contributed by atoms with Gasteiger partial charge in [0, 0.05) is 55.0 Å². The summed E-state index contributed by atoms with van der Waals surface area (Å²) in [5, 5.41) is 7.45. The van der Waals surface area contributed by atoms with E-state index in [2.05, 4.69) is 27.4 Å². The quantitative estimate of drug-likeness (QED) is 0.291. The maximum atomic E-state index is 13.7. The van der Waals surface area contributed by atoms with Crippen LogP contribution in [-0.2, 0) is 21.1 Å². The summed E-state index contributed by atoms with van der Waals surface area (Å²) in [4.78, 5) is 2.71. The summed E-state index contributed by atoms with van der Waals surface area (Å²) in [6.45, 7) is 3.13. The van der Waals surface area contributed by atoms with Gasteiger partial charge in [-0.25, -0.2) is 8.42 Å². The molecule has 1 saturated carbocycles. The van der Waals surface area contributed by atoms with Gasteiger partial charge in [-0.15, -0.1) is 0 Å². The number of sulfone groups is 1. The smallest absolute Gasteiger partial charge is 0.406 e. The van der Waals surface area contributed by atoms with E-state index in [4.69, 9.17) is 9.47 Å². The number of nitrogens with one attached hydrogen (secondary N) is 2. The van der Waals surface area contributed by atoms with Crippen LogP contribution in [-0.4, -0.2) is 80.8 Å². The van der Waals surface area contributed by atoms with E-state index in [1.54, 1.807) is 31.2 Å². The van der Waals surface area contributed by atoms with Crippen molar-refractivity contribution in [2.24, 2.45) is 0 Å². The zero-order valence-electron chi connectivity index (χ0n) is 25.5. The number of hydrogen-bond donors (Lipinski definition) is 2. The lowest BCUT2D eigenvalue weighted by Crippen LogP contribution is -2.60. The highest BCUT2D eigenvalue weighted by Gasteiger charge is 2.41. The first-order valence-electron chi connectivity index (χ1n) is 15.5. The van der Waals surface area contributed by atoms with Gasteiger partial charge in [0.25, 0.3) is 0 Å². The standard InChI is InChI=1S/C33H39F3N4O4S/c1-3-43-32-18-27(45(2,41)42)13-14-30(32)37-15-5-6-24-16-28-29(7-4-8-31(28)40(24)21-33(34,35)36)38-22-9-11-23(12-10-22)39-19-25-17-26(20-39)44-25/h4,7-8,13-14,16,18,22-23,25-26,37-38H,3,9-12,15,17,19-21H2,1-2H3/t22?,23?,25-,26?/m1/s1. The molecule has 2 aromatic carbocycles. The Morgan fingerprint density at radius 2 is 1.78 bits per heavy atom. The van der Waals surface area contributed by atoms with E-state index in [-0.39, 0.29) is 23.2 Å². The third kappa shape index (κ3) is 7.37. The van der Waals surface area contributed by atoms with Crippen LogP contribution < -0.4 is 15.4 Å². The Balaban J connectivity index is 1.17. The SMILES string of the molecule is CCOc1cc(S(C)(=O)=O)ccc1NCC#Cc1cc2c(NC3CCC(N4CC5C[C@H](C4)O5)CC3)cccc2n1CC(F)(F)F. The van der Waals surface area contributed by atoms with Gasteiger partial charge in [-0.1, -0.05) is 12.0 Å². The predicted octanol–water partition coefficient (Wildman–Crippen LogP) is 5.67. The van der Waals surface area contributed by atoms with Crippen molar-refractivity contribution < 1.29 is 31.1 Å². The highest BCUT2D eigenvalue weighted by atomic mass is 32.2. The number of alkyl halides is 3. The van der Waals surface area contributed by atoms with Gasteiger partial charge in [0.2, 0.25) is 0 Å². The third-order valence-electron chi connectivity index (χ3n) is 8.91. The maximum absolute atomic E-state index is 13.7. The van der Waals surface area contributed by atoms with Crippen LogP contribution in [0, 0.1) is 11.8 Å². The van der Waals surface area contributed by atoms with Crippen LogP contribution in [0.2, 0.25) is 0 Å². The first-order valence-corrected chi connectivity index (χ1v) is 17.4. The molecule has 1 unspecified atom stereocenters. The molecule has 4 heterocycles. The van der Waals surface area contributed by atoms with E-state index < -0.39 is 22.6 Å². The van der Waals surface area contributed by atoms with Crippen molar-refractivity contribution in [3.8, 4) is 17.6 Å². The van der Waals surface area contributed by atoms with Gasteiger partial charge < -0.3 is 24.7 Å². The average Bonchev–Trinajstić information content (AvgIpc) is 3.32. The van der Waals surface area contributed by atoms with Gasteiger partial charge >= 0.3 is 6.18 Å². The van der Waals surface area contributed by atoms with Gasteiger partial charge in [0.15, 0.2) is 9.84 Å². The lowest BCUT2D eigenvalue weighted by molar-refractivity contribution is -0.189. The lowest BCUT2D eigenvalue weighted by atomic mass is 9.87. The molecule has 4 fully saturated rings. The molecule has 2 N–H and O–H groups in total. The molecule has 1 aliphatic carbocycles. The molecule has 242 valence electrons. The van der Waals surface area contributed by atoms with Gasteiger partial charge in [-0.3, -0.25) is 4.90 Å². The average molecular weight is 645 g/mol. The van der Waals surface area contributed by atoms with Crippen molar-refractivity contribution in [3.05, 3.63) is 48.2 Å². The van der Waals surface area contributed by atoms with Gasteiger partial charge in [-0.05, 0) is 68.9 Å². The molecule has 2 bridgehead atoms. The molecule has 8 nitrogen and oxygen atoms in total. The second-order valence-corrected chi connectivity index (χ2v) is 14.2. The van der Waals surface area contributed by atoms with Crippen molar-refractivity contribution >= 4 is 32.1 Å². The molecule has 45 heavy (non-hydrogen) atoms. The van der Waals surface area contributed by atoms with Gasteiger partial charge in [-0.2, -0.15) is 13.2 Å². The first kappa shape index (κ1) is 31.6. The van der Waals surface area contributed by atoms with Crippen LogP contribution in [0.4, 0.5) is 24.5 Å².